The van der Waals surface area contributed by atoms with Gasteiger partial charge in [0, 0.05) is 11.2 Å². The standard InChI is InChI=1S/C5HI2N4/c6-3-2-4(9-1-8-2)11-5(7)10-3/h1H/q-1. The molecular formula is C5HI2N4-. The van der Waals surface area contributed by atoms with Gasteiger partial charge in [0.2, 0.25) is 0 Å². The lowest BCUT2D eigenvalue weighted by atomic mass is 10.6. The van der Waals surface area contributed by atoms with Crippen LogP contribution < -0.4 is 4.98 Å². The first-order valence-electron chi connectivity index (χ1n) is 2.74. The fourth-order valence-corrected chi connectivity index (χ4v) is 2.27. The SMILES string of the molecule is Ic1nc(I)c2nc[n-]c2n1. The highest BCUT2D eigenvalue weighted by molar-refractivity contribution is 14.1. The van der Waals surface area contributed by atoms with E-state index in [1.807, 2.05) is 0 Å². The molecule has 0 aliphatic carbocycles. The Kier molecular flexibility index (Phi) is 1.95. The second kappa shape index (κ2) is 2.81. The van der Waals surface area contributed by atoms with E-state index in [9.17, 15) is 0 Å². The topological polar surface area (TPSA) is 52.8 Å². The van der Waals surface area contributed by atoms with Gasteiger partial charge in [-0.25, -0.2) is 4.98 Å². The quantitative estimate of drug-likeness (QED) is 0.397. The van der Waals surface area contributed by atoms with E-state index < -0.39 is 0 Å². The summed E-state index contributed by atoms with van der Waals surface area (Å²) in [7, 11) is 0. The summed E-state index contributed by atoms with van der Waals surface area (Å²) in [4.78, 5) is 16.2. The smallest absolute Gasteiger partial charge is 0.124 e. The predicted octanol–water partition coefficient (Wildman–Crippen LogP) is 1.19. The first-order valence-corrected chi connectivity index (χ1v) is 4.89. The highest BCUT2D eigenvalue weighted by atomic mass is 127. The third-order valence-electron chi connectivity index (χ3n) is 1.16. The summed E-state index contributed by atoms with van der Waals surface area (Å²) in [6.45, 7) is 0. The second-order valence-corrected chi connectivity index (χ2v) is 3.82. The van der Waals surface area contributed by atoms with Gasteiger partial charge in [0.05, 0.1) is 0 Å². The lowest BCUT2D eigenvalue weighted by Crippen LogP contribution is -1.92. The Labute approximate surface area is 89.5 Å². The van der Waals surface area contributed by atoms with Crippen molar-refractivity contribution < 1.29 is 0 Å². The molecular weight excluding hydrogens is 370 g/mol. The number of hydrogen-bond donors (Lipinski definition) is 0. The Hall–Kier alpha value is 0.01000. The molecule has 0 amide bonds. The van der Waals surface area contributed by atoms with Gasteiger partial charge in [-0.15, -0.1) is 0 Å². The number of hydrogen-bond acceptors (Lipinski definition) is 3. The first kappa shape index (κ1) is 7.65. The van der Waals surface area contributed by atoms with Gasteiger partial charge in [0.15, 0.2) is 0 Å². The van der Waals surface area contributed by atoms with Gasteiger partial charge in [0.1, 0.15) is 7.53 Å². The summed E-state index contributed by atoms with van der Waals surface area (Å²) in [5, 5.41) is 0. The first-order chi connectivity index (χ1) is 5.27. The Morgan fingerprint density at radius 1 is 1.27 bits per heavy atom. The zero-order valence-corrected chi connectivity index (χ0v) is 9.44. The highest BCUT2D eigenvalue weighted by Gasteiger charge is 1.96. The van der Waals surface area contributed by atoms with Gasteiger partial charge < -0.3 is 15.0 Å². The van der Waals surface area contributed by atoms with Gasteiger partial charge in [-0.3, -0.25) is 0 Å². The van der Waals surface area contributed by atoms with Crippen molar-refractivity contribution in [2.24, 2.45) is 0 Å². The molecule has 0 aliphatic heterocycles. The molecule has 2 aromatic rings. The summed E-state index contributed by atoms with van der Waals surface area (Å²) in [6, 6.07) is 0. The molecule has 2 rings (SSSR count). The summed E-state index contributed by atoms with van der Waals surface area (Å²) in [6.07, 6.45) is 1.50. The van der Waals surface area contributed by atoms with Crippen molar-refractivity contribution in [3.05, 3.63) is 13.9 Å². The van der Waals surface area contributed by atoms with Gasteiger partial charge in [-0.05, 0) is 51.5 Å². The maximum atomic E-state index is 4.13. The molecule has 0 bridgehead atoms. The van der Waals surface area contributed by atoms with Crippen LogP contribution in [-0.4, -0.2) is 15.0 Å². The van der Waals surface area contributed by atoms with Crippen molar-refractivity contribution in [2.45, 2.75) is 0 Å². The van der Waals surface area contributed by atoms with E-state index in [0.29, 0.717) is 9.48 Å². The van der Waals surface area contributed by atoms with Crippen LogP contribution in [0.1, 0.15) is 0 Å². The van der Waals surface area contributed by atoms with Crippen molar-refractivity contribution in [2.75, 3.05) is 0 Å². The second-order valence-electron chi connectivity index (χ2n) is 1.83. The number of halogens is 2. The lowest BCUT2D eigenvalue weighted by molar-refractivity contribution is 1.11. The van der Waals surface area contributed by atoms with Gasteiger partial charge >= 0.3 is 0 Å². The van der Waals surface area contributed by atoms with Crippen LogP contribution >= 0.6 is 45.2 Å². The molecule has 0 spiro atoms. The highest BCUT2D eigenvalue weighted by Crippen LogP contribution is 2.13. The molecule has 0 atom stereocenters. The van der Waals surface area contributed by atoms with Gasteiger partial charge in [-0.2, -0.15) is 0 Å². The molecule has 0 N–H and O–H groups in total. The number of aromatic nitrogens is 4. The minimum Gasteiger partial charge on any atom is -0.366 e. The minimum absolute atomic E-state index is 0.675. The van der Waals surface area contributed by atoms with Crippen LogP contribution in [0, 0.1) is 7.53 Å². The molecule has 11 heavy (non-hydrogen) atoms. The lowest BCUT2D eigenvalue weighted by Gasteiger charge is -1.99. The maximum Gasteiger partial charge on any atom is 0.124 e. The molecule has 0 saturated heterocycles. The summed E-state index contributed by atoms with van der Waals surface area (Å²) < 4.78 is 1.56. The molecule has 56 valence electrons. The minimum atomic E-state index is 0.675. The van der Waals surface area contributed by atoms with Crippen molar-refractivity contribution in [1.82, 2.24) is 19.9 Å². The summed E-state index contributed by atoms with van der Waals surface area (Å²) in [5.74, 6) is 0. The van der Waals surface area contributed by atoms with Crippen molar-refractivity contribution in [3.63, 3.8) is 0 Å². The number of rotatable bonds is 0. The van der Waals surface area contributed by atoms with Crippen molar-refractivity contribution in [1.29, 1.82) is 0 Å². The fraction of sp³-hybridized carbons (Fsp3) is 0. The number of fused-ring (bicyclic) bond motifs is 1. The van der Waals surface area contributed by atoms with Crippen LogP contribution in [0.15, 0.2) is 6.33 Å². The molecule has 0 unspecified atom stereocenters. The summed E-state index contributed by atoms with van der Waals surface area (Å²) >= 11 is 4.18. The number of nitrogens with zero attached hydrogens (tertiary/aromatic N) is 4. The van der Waals surface area contributed by atoms with Crippen LogP contribution in [-0.2, 0) is 0 Å². The zero-order valence-electron chi connectivity index (χ0n) is 5.12. The van der Waals surface area contributed by atoms with Crippen LogP contribution in [0.25, 0.3) is 11.2 Å². The average Bonchev–Trinajstić information content (AvgIpc) is 2.34. The van der Waals surface area contributed by atoms with Crippen LogP contribution in [0.2, 0.25) is 0 Å². The molecule has 0 saturated carbocycles. The van der Waals surface area contributed by atoms with E-state index in [0.717, 1.165) is 9.22 Å². The largest absolute Gasteiger partial charge is 0.366 e. The fourth-order valence-electron chi connectivity index (χ4n) is 0.734. The van der Waals surface area contributed by atoms with E-state index in [4.69, 9.17) is 0 Å². The summed E-state index contributed by atoms with van der Waals surface area (Å²) in [5.41, 5.74) is 1.46. The van der Waals surface area contributed by atoms with Gasteiger partial charge in [0.25, 0.3) is 0 Å². The van der Waals surface area contributed by atoms with Crippen LogP contribution in [0.5, 0.6) is 0 Å². The Morgan fingerprint density at radius 2 is 2.09 bits per heavy atom. The predicted molar refractivity (Wildman–Crippen MR) is 56.1 cm³/mol. The van der Waals surface area contributed by atoms with Gasteiger partial charge in [-0.1, -0.05) is 0 Å². The zero-order chi connectivity index (χ0) is 7.84. The molecule has 0 aromatic carbocycles. The van der Waals surface area contributed by atoms with Crippen LogP contribution in [0.4, 0.5) is 0 Å². The maximum absolute atomic E-state index is 4.13. The Balaban J connectivity index is 2.91. The van der Waals surface area contributed by atoms with E-state index in [-0.39, 0.29) is 0 Å². The number of imidazole rings is 1. The molecule has 0 fully saturated rings. The molecule has 2 aromatic heterocycles. The van der Waals surface area contributed by atoms with E-state index in [1.165, 1.54) is 6.33 Å². The Bertz CT molecular complexity index is 396. The molecule has 2 heterocycles. The Morgan fingerprint density at radius 3 is 2.91 bits per heavy atom. The molecule has 6 heteroatoms. The van der Waals surface area contributed by atoms with E-state index >= 15 is 0 Å². The van der Waals surface area contributed by atoms with E-state index in [2.05, 4.69) is 65.1 Å². The third-order valence-corrected chi connectivity index (χ3v) is 2.40. The van der Waals surface area contributed by atoms with Crippen molar-refractivity contribution in [3.8, 4) is 0 Å². The van der Waals surface area contributed by atoms with E-state index in [1.54, 1.807) is 0 Å². The molecule has 0 radical (unpaired) electrons. The van der Waals surface area contributed by atoms with Crippen LogP contribution in [0.3, 0.4) is 0 Å². The monoisotopic (exact) mass is 371 g/mol. The third kappa shape index (κ3) is 1.33. The average molecular weight is 371 g/mol. The normalized spacial score (nSPS) is 10.7. The van der Waals surface area contributed by atoms with Crippen molar-refractivity contribution >= 4 is 56.3 Å². The molecule has 0 aliphatic rings. The molecule has 4 nitrogen and oxygen atoms in total.